The van der Waals surface area contributed by atoms with Gasteiger partial charge in [-0.25, -0.2) is 13.1 Å². The van der Waals surface area contributed by atoms with Gasteiger partial charge in [-0.2, -0.15) is 5.10 Å². The maximum Gasteiger partial charge on any atom is 0.240 e. The van der Waals surface area contributed by atoms with Gasteiger partial charge in [0.05, 0.1) is 23.0 Å². The first-order valence-electron chi connectivity index (χ1n) is 5.83. The second-order valence-corrected chi connectivity index (χ2v) is 6.58. The summed E-state index contributed by atoms with van der Waals surface area (Å²) in [6, 6.07) is 6.40. The minimum Gasteiger partial charge on any atom is -0.496 e. The molecule has 2 aromatic rings. The van der Waals surface area contributed by atoms with Crippen LogP contribution in [0.2, 0.25) is 0 Å². The van der Waals surface area contributed by atoms with E-state index in [0.717, 1.165) is 0 Å². The lowest BCUT2D eigenvalue weighted by Crippen LogP contribution is -2.27. The van der Waals surface area contributed by atoms with Crippen LogP contribution in [0.1, 0.15) is 0 Å². The number of nitrogens with one attached hydrogen (secondary N) is 1. The first-order chi connectivity index (χ1) is 9.53. The molecule has 0 atom stereocenters. The Hall–Kier alpha value is -1.38. The highest BCUT2D eigenvalue weighted by Gasteiger charge is 2.15. The monoisotopic (exact) mass is 359 g/mol. The topological polar surface area (TPSA) is 73.2 Å². The third kappa shape index (κ3) is 3.59. The summed E-state index contributed by atoms with van der Waals surface area (Å²) in [7, 11) is -2.01. The van der Waals surface area contributed by atoms with Crippen LogP contribution in [-0.2, 0) is 16.6 Å². The molecule has 1 heterocycles. The van der Waals surface area contributed by atoms with Crippen LogP contribution in [0.3, 0.4) is 0 Å². The van der Waals surface area contributed by atoms with Crippen molar-refractivity contribution in [3.63, 3.8) is 0 Å². The van der Waals surface area contributed by atoms with E-state index >= 15 is 0 Å². The molecular formula is C12H14BrN3O3S. The number of methoxy groups -OCH3 is 1. The van der Waals surface area contributed by atoms with E-state index in [1.807, 2.05) is 0 Å². The van der Waals surface area contributed by atoms with E-state index in [1.54, 1.807) is 29.2 Å². The average molecular weight is 360 g/mol. The molecule has 0 saturated carbocycles. The zero-order valence-electron chi connectivity index (χ0n) is 10.8. The van der Waals surface area contributed by atoms with E-state index in [4.69, 9.17) is 4.74 Å². The lowest BCUT2D eigenvalue weighted by atomic mass is 10.3. The van der Waals surface area contributed by atoms with Gasteiger partial charge in [0.25, 0.3) is 0 Å². The fourth-order valence-electron chi connectivity index (χ4n) is 1.62. The highest BCUT2D eigenvalue weighted by atomic mass is 79.9. The molecule has 0 amide bonds. The number of aromatic nitrogens is 2. The van der Waals surface area contributed by atoms with Crippen LogP contribution in [0.15, 0.2) is 46.0 Å². The Morgan fingerprint density at radius 3 is 2.85 bits per heavy atom. The maximum atomic E-state index is 12.1. The molecule has 0 aliphatic heterocycles. The van der Waals surface area contributed by atoms with Crippen LogP contribution in [0.4, 0.5) is 0 Å². The van der Waals surface area contributed by atoms with Crippen molar-refractivity contribution in [2.24, 2.45) is 0 Å². The van der Waals surface area contributed by atoms with Gasteiger partial charge in [-0.15, -0.1) is 0 Å². The number of hydrogen-bond donors (Lipinski definition) is 1. The predicted octanol–water partition coefficient (Wildman–Crippen LogP) is 1.63. The summed E-state index contributed by atoms with van der Waals surface area (Å²) in [6.07, 6.45) is 3.42. The molecule has 0 unspecified atom stereocenters. The summed E-state index contributed by atoms with van der Waals surface area (Å²) in [6.45, 7) is 0.747. The van der Waals surface area contributed by atoms with Gasteiger partial charge >= 0.3 is 0 Å². The van der Waals surface area contributed by atoms with Crippen LogP contribution in [0.5, 0.6) is 5.75 Å². The van der Waals surface area contributed by atoms with Gasteiger partial charge in [0.1, 0.15) is 5.75 Å². The molecule has 2 rings (SSSR count). The standard InChI is InChI=1S/C12H14BrN3O3S/c1-19-12-4-3-10(9-11(12)13)20(17,18)15-6-8-16-7-2-5-14-16/h2-5,7,9,15H,6,8H2,1H3. The zero-order chi connectivity index (χ0) is 14.6. The predicted molar refractivity (Wildman–Crippen MR) is 78.1 cm³/mol. The fourth-order valence-corrected chi connectivity index (χ4v) is 3.36. The van der Waals surface area contributed by atoms with Crippen molar-refractivity contribution in [2.45, 2.75) is 11.4 Å². The summed E-state index contributed by atoms with van der Waals surface area (Å²) in [5.41, 5.74) is 0. The van der Waals surface area contributed by atoms with Gasteiger partial charge in [-0.05, 0) is 40.2 Å². The van der Waals surface area contributed by atoms with Gasteiger partial charge in [-0.3, -0.25) is 4.68 Å². The maximum absolute atomic E-state index is 12.1. The van der Waals surface area contributed by atoms with Crippen molar-refractivity contribution < 1.29 is 13.2 Å². The number of sulfonamides is 1. The minimum absolute atomic E-state index is 0.186. The number of hydrogen-bond acceptors (Lipinski definition) is 4. The summed E-state index contributed by atoms with van der Waals surface area (Å²) in [4.78, 5) is 0.186. The van der Waals surface area contributed by atoms with Crippen molar-refractivity contribution in [2.75, 3.05) is 13.7 Å². The lowest BCUT2D eigenvalue weighted by Gasteiger charge is -2.09. The van der Waals surface area contributed by atoms with E-state index in [2.05, 4.69) is 25.8 Å². The summed E-state index contributed by atoms with van der Waals surface area (Å²) in [5, 5.41) is 4.00. The normalized spacial score (nSPS) is 11.5. The Balaban J connectivity index is 2.04. The Morgan fingerprint density at radius 2 is 2.25 bits per heavy atom. The molecule has 1 aromatic carbocycles. The largest absolute Gasteiger partial charge is 0.496 e. The van der Waals surface area contributed by atoms with Gasteiger partial charge in [0.15, 0.2) is 0 Å². The molecule has 8 heteroatoms. The number of nitrogens with zero attached hydrogens (tertiary/aromatic N) is 2. The smallest absolute Gasteiger partial charge is 0.240 e. The van der Waals surface area contributed by atoms with E-state index in [-0.39, 0.29) is 11.4 Å². The molecular weight excluding hydrogens is 346 g/mol. The first kappa shape index (κ1) is 15.0. The Morgan fingerprint density at radius 1 is 1.45 bits per heavy atom. The number of ether oxygens (including phenoxy) is 1. The Bertz CT molecular complexity index is 671. The minimum atomic E-state index is -3.54. The summed E-state index contributed by atoms with van der Waals surface area (Å²) >= 11 is 3.27. The van der Waals surface area contributed by atoms with Crippen LogP contribution in [-0.4, -0.2) is 31.9 Å². The molecule has 0 saturated heterocycles. The third-order valence-corrected chi connectivity index (χ3v) is 4.70. The molecule has 0 fully saturated rings. The van der Waals surface area contributed by atoms with E-state index in [0.29, 0.717) is 16.8 Å². The summed E-state index contributed by atoms with van der Waals surface area (Å²) < 4.78 is 34.1. The van der Waals surface area contributed by atoms with E-state index < -0.39 is 10.0 Å². The summed E-state index contributed by atoms with van der Waals surface area (Å²) in [5.74, 6) is 0.584. The number of benzene rings is 1. The average Bonchev–Trinajstić information content (AvgIpc) is 2.91. The second kappa shape index (κ2) is 6.38. The lowest BCUT2D eigenvalue weighted by molar-refractivity contribution is 0.411. The molecule has 6 nitrogen and oxygen atoms in total. The molecule has 0 aliphatic carbocycles. The van der Waals surface area contributed by atoms with Gasteiger partial charge in [-0.1, -0.05) is 0 Å². The van der Waals surface area contributed by atoms with Crippen LogP contribution in [0.25, 0.3) is 0 Å². The van der Waals surface area contributed by atoms with Crippen molar-refractivity contribution in [3.05, 3.63) is 41.1 Å². The van der Waals surface area contributed by atoms with Gasteiger partial charge in [0, 0.05) is 18.9 Å². The number of rotatable bonds is 6. The molecule has 1 aromatic heterocycles. The molecule has 1 N–H and O–H groups in total. The highest BCUT2D eigenvalue weighted by molar-refractivity contribution is 9.10. The first-order valence-corrected chi connectivity index (χ1v) is 8.11. The molecule has 0 aliphatic rings. The van der Waals surface area contributed by atoms with E-state index in [9.17, 15) is 8.42 Å². The van der Waals surface area contributed by atoms with Crippen molar-refractivity contribution in [3.8, 4) is 5.75 Å². The van der Waals surface area contributed by atoms with Gasteiger partial charge < -0.3 is 4.74 Å². The number of halogens is 1. The quantitative estimate of drug-likeness (QED) is 0.850. The van der Waals surface area contributed by atoms with Crippen LogP contribution in [0, 0.1) is 0 Å². The Kier molecular flexibility index (Phi) is 4.79. The zero-order valence-corrected chi connectivity index (χ0v) is 13.2. The van der Waals surface area contributed by atoms with Crippen molar-refractivity contribution in [1.29, 1.82) is 0 Å². The SMILES string of the molecule is COc1ccc(S(=O)(=O)NCCn2cccn2)cc1Br. The van der Waals surface area contributed by atoms with Crippen molar-refractivity contribution in [1.82, 2.24) is 14.5 Å². The Labute approximate surface area is 125 Å². The van der Waals surface area contributed by atoms with Crippen molar-refractivity contribution >= 4 is 26.0 Å². The van der Waals surface area contributed by atoms with Gasteiger partial charge in [0.2, 0.25) is 10.0 Å². The second-order valence-electron chi connectivity index (χ2n) is 3.96. The fraction of sp³-hybridized carbons (Fsp3) is 0.250. The molecule has 0 spiro atoms. The molecule has 0 radical (unpaired) electrons. The molecule has 20 heavy (non-hydrogen) atoms. The highest BCUT2D eigenvalue weighted by Crippen LogP contribution is 2.27. The molecule has 0 bridgehead atoms. The van der Waals surface area contributed by atoms with E-state index in [1.165, 1.54) is 19.2 Å². The van der Waals surface area contributed by atoms with Crippen LogP contribution >= 0.6 is 15.9 Å². The molecule has 108 valence electrons. The van der Waals surface area contributed by atoms with Crippen LogP contribution < -0.4 is 9.46 Å². The third-order valence-electron chi connectivity index (χ3n) is 2.63.